The number of carbonyl (C=O) groups excluding carboxylic acids is 3. The lowest BCUT2D eigenvalue weighted by atomic mass is 10.1. The van der Waals surface area contributed by atoms with Crippen LogP contribution < -0.4 is 5.32 Å². The SMILES string of the molecule is CC(=O)NCc1ccc(C(=O)C(C)OC(=O)CCc2ccc(-c3ccccc3F)o2)s1. The van der Waals surface area contributed by atoms with Crippen molar-refractivity contribution in [1.82, 2.24) is 5.32 Å². The number of nitrogens with one attached hydrogen (secondary N) is 1. The van der Waals surface area contributed by atoms with Crippen molar-refractivity contribution in [2.24, 2.45) is 0 Å². The number of halogens is 1. The molecule has 0 aliphatic rings. The largest absolute Gasteiger partial charge is 0.461 e. The fourth-order valence-electron chi connectivity index (χ4n) is 2.87. The molecule has 0 saturated carbocycles. The molecule has 162 valence electrons. The van der Waals surface area contributed by atoms with Crippen molar-refractivity contribution in [3.8, 4) is 11.3 Å². The molecule has 0 aliphatic heterocycles. The highest BCUT2D eigenvalue weighted by atomic mass is 32.1. The summed E-state index contributed by atoms with van der Waals surface area (Å²) in [7, 11) is 0. The number of Topliss-reactive ketones (excluding diaryl/α,β-unsaturated/α-hetero) is 1. The van der Waals surface area contributed by atoms with Crippen molar-refractivity contribution in [3.05, 3.63) is 69.9 Å². The second-order valence-corrected chi connectivity index (χ2v) is 8.09. The summed E-state index contributed by atoms with van der Waals surface area (Å²) < 4.78 is 24.7. The van der Waals surface area contributed by atoms with E-state index in [2.05, 4.69) is 5.32 Å². The first-order chi connectivity index (χ1) is 14.8. The Bertz CT molecular complexity index is 1090. The summed E-state index contributed by atoms with van der Waals surface area (Å²) in [6, 6.07) is 13.0. The van der Waals surface area contributed by atoms with Crippen molar-refractivity contribution >= 4 is 29.0 Å². The molecule has 0 bridgehead atoms. The van der Waals surface area contributed by atoms with Gasteiger partial charge in [-0.15, -0.1) is 11.3 Å². The number of esters is 1. The fourth-order valence-corrected chi connectivity index (χ4v) is 3.84. The maximum atomic E-state index is 13.9. The smallest absolute Gasteiger partial charge is 0.306 e. The van der Waals surface area contributed by atoms with Gasteiger partial charge in [0.15, 0.2) is 6.10 Å². The quantitative estimate of drug-likeness (QED) is 0.388. The molecular weight excluding hydrogens is 421 g/mol. The highest BCUT2D eigenvalue weighted by Crippen LogP contribution is 2.25. The van der Waals surface area contributed by atoms with Gasteiger partial charge in [-0.2, -0.15) is 0 Å². The molecule has 8 heteroatoms. The number of ether oxygens (including phenoxy) is 1. The average Bonchev–Trinajstić information content (AvgIpc) is 3.40. The van der Waals surface area contributed by atoms with E-state index in [0.717, 1.165) is 4.88 Å². The molecule has 0 saturated heterocycles. The number of hydrogen-bond donors (Lipinski definition) is 1. The number of hydrogen-bond acceptors (Lipinski definition) is 6. The summed E-state index contributed by atoms with van der Waals surface area (Å²) in [5.41, 5.74) is 0.351. The van der Waals surface area contributed by atoms with Gasteiger partial charge in [0.2, 0.25) is 11.7 Å². The lowest BCUT2D eigenvalue weighted by Crippen LogP contribution is -2.23. The number of aryl methyl sites for hydroxylation is 1. The van der Waals surface area contributed by atoms with E-state index in [4.69, 9.17) is 9.15 Å². The number of ketones is 1. The first kappa shape index (κ1) is 22.4. The Morgan fingerprint density at radius 1 is 1.13 bits per heavy atom. The van der Waals surface area contributed by atoms with Crippen molar-refractivity contribution in [3.63, 3.8) is 0 Å². The third-order valence-electron chi connectivity index (χ3n) is 4.47. The molecule has 0 aliphatic carbocycles. The van der Waals surface area contributed by atoms with E-state index in [1.165, 1.54) is 31.3 Å². The van der Waals surface area contributed by atoms with E-state index < -0.39 is 12.1 Å². The molecule has 6 nitrogen and oxygen atoms in total. The third kappa shape index (κ3) is 6.11. The zero-order chi connectivity index (χ0) is 22.4. The molecule has 1 amide bonds. The first-order valence-corrected chi connectivity index (χ1v) is 10.6. The molecule has 1 aromatic carbocycles. The van der Waals surface area contributed by atoms with Crippen LogP contribution in [0.1, 0.15) is 40.6 Å². The van der Waals surface area contributed by atoms with Gasteiger partial charge >= 0.3 is 5.97 Å². The summed E-state index contributed by atoms with van der Waals surface area (Å²) in [5, 5.41) is 2.67. The second kappa shape index (κ2) is 10.2. The third-order valence-corrected chi connectivity index (χ3v) is 5.57. The van der Waals surface area contributed by atoms with Gasteiger partial charge < -0.3 is 14.5 Å². The van der Waals surface area contributed by atoms with Crippen LogP contribution in [0.15, 0.2) is 52.9 Å². The molecule has 1 unspecified atom stereocenters. The minimum absolute atomic E-state index is 0.0278. The summed E-state index contributed by atoms with van der Waals surface area (Å²) in [5.74, 6) is -0.454. The van der Waals surface area contributed by atoms with Crippen LogP contribution in [-0.2, 0) is 27.3 Å². The van der Waals surface area contributed by atoms with E-state index in [1.54, 1.807) is 42.5 Å². The van der Waals surface area contributed by atoms with Crippen LogP contribution in [0, 0.1) is 5.82 Å². The van der Waals surface area contributed by atoms with E-state index in [-0.39, 0.29) is 30.3 Å². The number of amides is 1. The van der Waals surface area contributed by atoms with Crippen LogP contribution in [0.25, 0.3) is 11.3 Å². The standard InChI is InChI=1S/C23H22FNO5S/c1-14(23(28)21-11-9-17(31-21)13-25-15(2)26)29-22(27)12-8-16-7-10-20(30-16)18-5-3-4-6-19(18)24/h3-7,9-11,14H,8,12-13H2,1-2H3,(H,25,26). The van der Waals surface area contributed by atoms with Gasteiger partial charge in [-0.05, 0) is 43.3 Å². The maximum Gasteiger partial charge on any atom is 0.306 e. The molecule has 1 atom stereocenters. The highest BCUT2D eigenvalue weighted by Gasteiger charge is 2.21. The minimum atomic E-state index is -0.926. The van der Waals surface area contributed by atoms with E-state index >= 15 is 0 Å². The molecule has 0 fully saturated rings. The fraction of sp³-hybridized carbons (Fsp3) is 0.261. The molecule has 0 spiro atoms. The Kier molecular flexibility index (Phi) is 7.36. The zero-order valence-corrected chi connectivity index (χ0v) is 18.0. The topological polar surface area (TPSA) is 85.6 Å². The van der Waals surface area contributed by atoms with Gasteiger partial charge in [-0.3, -0.25) is 14.4 Å². The van der Waals surface area contributed by atoms with E-state index in [0.29, 0.717) is 28.5 Å². The van der Waals surface area contributed by atoms with Crippen LogP contribution in [0.2, 0.25) is 0 Å². The minimum Gasteiger partial charge on any atom is -0.461 e. The Balaban J connectivity index is 1.50. The predicted molar refractivity (Wildman–Crippen MR) is 114 cm³/mol. The van der Waals surface area contributed by atoms with Crippen molar-refractivity contribution in [2.45, 2.75) is 39.3 Å². The average molecular weight is 443 g/mol. The van der Waals surface area contributed by atoms with Crippen molar-refractivity contribution in [1.29, 1.82) is 0 Å². The van der Waals surface area contributed by atoms with Gasteiger partial charge in [-0.1, -0.05) is 12.1 Å². The second-order valence-electron chi connectivity index (χ2n) is 6.92. The number of rotatable bonds is 9. The van der Waals surface area contributed by atoms with Crippen LogP contribution in [-0.4, -0.2) is 23.8 Å². The Morgan fingerprint density at radius 3 is 2.65 bits per heavy atom. The molecule has 2 heterocycles. The summed E-state index contributed by atoms with van der Waals surface area (Å²) in [6.07, 6.45) is -0.626. The Labute approximate surface area is 183 Å². The van der Waals surface area contributed by atoms with Crippen LogP contribution in [0.4, 0.5) is 4.39 Å². The predicted octanol–water partition coefficient (Wildman–Crippen LogP) is 4.53. The van der Waals surface area contributed by atoms with Crippen LogP contribution in [0.5, 0.6) is 0 Å². The summed E-state index contributed by atoms with van der Waals surface area (Å²) in [4.78, 5) is 36.9. The number of benzene rings is 1. The van der Waals surface area contributed by atoms with Crippen molar-refractivity contribution < 1.29 is 27.9 Å². The normalized spacial score (nSPS) is 11.7. The molecule has 3 aromatic rings. The number of thiophene rings is 1. The molecule has 3 rings (SSSR count). The van der Waals surface area contributed by atoms with E-state index in [1.807, 2.05) is 0 Å². The maximum absolute atomic E-state index is 13.9. The summed E-state index contributed by atoms with van der Waals surface area (Å²) >= 11 is 1.25. The van der Waals surface area contributed by atoms with Gasteiger partial charge in [0.1, 0.15) is 17.3 Å². The van der Waals surface area contributed by atoms with Gasteiger partial charge in [0, 0.05) is 18.2 Å². The van der Waals surface area contributed by atoms with Crippen LogP contribution in [0.3, 0.4) is 0 Å². The summed E-state index contributed by atoms with van der Waals surface area (Å²) in [6.45, 7) is 3.29. The van der Waals surface area contributed by atoms with Gasteiger partial charge in [-0.25, -0.2) is 4.39 Å². The Morgan fingerprint density at radius 2 is 1.90 bits per heavy atom. The molecular formula is C23H22FNO5S. The number of carbonyl (C=O) groups is 3. The van der Waals surface area contributed by atoms with E-state index in [9.17, 15) is 18.8 Å². The monoisotopic (exact) mass is 443 g/mol. The van der Waals surface area contributed by atoms with Crippen molar-refractivity contribution in [2.75, 3.05) is 0 Å². The van der Waals surface area contributed by atoms with Crippen LogP contribution >= 0.6 is 11.3 Å². The Hall–Kier alpha value is -3.26. The van der Waals surface area contributed by atoms with Gasteiger partial charge in [0.25, 0.3) is 0 Å². The first-order valence-electron chi connectivity index (χ1n) is 9.74. The molecule has 2 aromatic heterocycles. The lowest BCUT2D eigenvalue weighted by molar-refractivity contribution is -0.146. The highest BCUT2D eigenvalue weighted by molar-refractivity contribution is 7.14. The molecule has 0 radical (unpaired) electrons. The molecule has 31 heavy (non-hydrogen) atoms. The zero-order valence-electron chi connectivity index (χ0n) is 17.1. The van der Waals surface area contributed by atoms with Gasteiger partial charge in [0.05, 0.1) is 23.4 Å². The lowest BCUT2D eigenvalue weighted by Gasteiger charge is -2.11. The number of furan rings is 1. The molecule has 1 N–H and O–H groups in total.